The highest BCUT2D eigenvalue weighted by Gasteiger charge is 2.18. The summed E-state index contributed by atoms with van der Waals surface area (Å²) >= 11 is 0. The van der Waals surface area contributed by atoms with Gasteiger partial charge in [0.1, 0.15) is 5.75 Å². The summed E-state index contributed by atoms with van der Waals surface area (Å²) < 4.78 is 5.43. The molecular formula is C20H25NO2. The van der Waals surface area contributed by atoms with Gasteiger partial charge in [-0.05, 0) is 54.7 Å². The molecule has 1 aliphatic rings. The number of benzene rings is 2. The number of ether oxygens (including phenoxy) is 1. The number of aromatic hydroxyl groups is 1. The normalized spacial score (nSPS) is 17.2. The van der Waals surface area contributed by atoms with Crippen molar-refractivity contribution >= 4 is 0 Å². The van der Waals surface area contributed by atoms with E-state index in [1.54, 1.807) is 6.07 Å². The second-order valence-electron chi connectivity index (χ2n) is 6.33. The first-order valence-electron chi connectivity index (χ1n) is 8.29. The van der Waals surface area contributed by atoms with Gasteiger partial charge in [0, 0.05) is 19.1 Å². The van der Waals surface area contributed by atoms with Crippen molar-refractivity contribution in [2.24, 2.45) is 0 Å². The number of morpholine rings is 1. The minimum Gasteiger partial charge on any atom is -0.508 e. The average Bonchev–Trinajstić information content (AvgIpc) is 2.60. The molecule has 1 fully saturated rings. The molecule has 1 atom stereocenters. The van der Waals surface area contributed by atoms with Crippen molar-refractivity contribution in [3.63, 3.8) is 0 Å². The fourth-order valence-corrected chi connectivity index (χ4v) is 3.24. The molecule has 1 saturated heterocycles. The molecule has 2 aromatic rings. The third-order valence-corrected chi connectivity index (χ3v) is 5.06. The minimum absolute atomic E-state index is 0.365. The summed E-state index contributed by atoms with van der Waals surface area (Å²) in [7, 11) is 0. The van der Waals surface area contributed by atoms with Crippen molar-refractivity contribution in [1.29, 1.82) is 0 Å². The van der Waals surface area contributed by atoms with E-state index in [9.17, 15) is 5.11 Å². The number of phenols is 1. The molecule has 0 amide bonds. The van der Waals surface area contributed by atoms with Crippen molar-refractivity contribution in [3.05, 3.63) is 53.1 Å². The molecule has 0 spiro atoms. The number of phenolic OH excluding ortho intramolecular Hbond substituents is 1. The van der Waals surface area contributed by atoms with Crippen molar-refractivity contribution in [1.82, 2.24) is 4.90 Å². The number of hydrogen-bond acceptors (Lipinski definition) is 3. The van der Waals surface area contributed by atoms with Crippen molar-refractivity contribution in [2.75, 3.05) is 26.3 Å². The standard InChI is InChI=1S/C20H25NO2/c1-14-15(2)20(22)9-8-19(14)18-6-4-17(5-7-18)16(3)21-10-12-23-13-11-21/h4-9,16,22H,10-13H2,1-3H3/t16-/m0/s1. The van der Waals surface area contributed by atoms with Crippen LogP contribution in [0.5, 0.6) is 5.75 Å². The van der Waals surface area contributed by atoms with E-state index < -0.39 is 0 Å². The van der Waals surface area contributed by atoms with Crippen LogP contribution in [-0.4, -0.2) is 36.3 Å². The van der Waals surface area contributed by atoms with Gasteiger partial charge in [-0.3, -0.25) is 4.90 Å². The second kappa shape index (κ2) is 6.73. The van der Waals surface area contributed by atoms with Crippen LogP contribution in [0.3, 0.4) is 0 Å². The Morgan fingerprint density at radius 1 is 0.957 bits per heavy atom. The van der Waals surface area contributed by atoms with E-state index in [0.717, 1.165) is 37.4 Å². The maximum absolute atomic E-state index is 9.82. The van der Waals surface area contributed by atoms with E-state index in [1.165, 1.54) is 16.7 Å². The molecule has 3 rings (SSSR count). The highest BCUT2D eigenvalue weighted by molar-refractivity contribution is 5.70. The zero-order valence-electron chi connectivity index (χ0n) is 14.2. The Labute approximate surface area is 138 Å². The van der Waals surface area contributed by atoms with Gasteiger partial charge >= 0.3 is 0 Å². The molecule has 1 N–H and O–H groups in total. The van der Waals surface area contributed by atoms with E-state index in [-0.39, 0.29) is 0 Å². The van der Waals surface area contributed by atoms with Crippen molar-refractivity contribution in [3.8, 4) is 16.9 Å². The molecule has 0 unspecified atom stereocenters. The Morgan fingerprint density at radius 2 is 1.61 bits per heavy atom. The van der Waals surface area contributed by atoms with Gasteiger partial charge in [-0.25, -0.2) is 0 Å². The molecule has 3 nitrogen and oxygen atoms in total. The van der Waals surface area contributed by atoms with Gasteiger partial charge in [0.25, 0.3) is 0 Å². The van der Waals surface area contributed by atoms with E-state index >= 15 is 0 Å². The van der Waals surface area contributed by atoms with Gasteiger partial charge in [0.15, 0.2) is 0 Å². The summed E-state index contributed by atoms with van der Waals surface area (Å²) in [5.41, 5.74) is 5.81. The van der Waals surface area contributed by atoms with Crippen LogP contribution in [0, 0.1) is 13.8 Å². The van der Waals surface area contributed by atoms with Crippen LogP contribution in [0.4, 0.5) is 0 Å². The van der Waals surface area contributed by atoms with Crippen LogP contribution in [0.15, 0.2) is 36.4 Å². The third-order valence-electron chi connectivity index (χ3n) is 5.06. The number of nitrogens with zero attached hydrogens (tertiary/aromatic N) is 1. The lowest BCUT2D eigenvalue weighted by molar-refractivity contribution is 0.0198. The van der Waals surface area contributed by atoms with E-state index in [2.05, 4.69) is 43.0 Å². The highest BCUT2D eigenvalue weighted by Crippen LogP contribution is 2.31. The fraction of sp³-hybridized carbons (Fsp3) is 0.400. The third kappa shape index (κ3) is 3.26. The molecule has 1 heterocycles. The average molecular weight is 311 g/mol. The zero-order chi connectivity index (χ0) is 16.4. The summed E-state index contributed by atoms with van der Waals surface area (Å²) in [4.78, 5) is 2.47. The lowest BCUT2D eigenvalue weighted by Crippen LogP contribution is -2.37. The van der Waals surface area contributed by atoms with Crippen LogP contribution >= 0.6 is 0 Å². The summed E-state index contributed by atoms with van der Waals surface area (Å²) in [5.74, 6) is 0.365. The summed E-state index contributed by atoms with van der Waals surface area (Å²) in [6.45, 7) is 9.94. The van der Waals surface area contributed by atoms with E-state index in [0.29, 0.717) is 11.8 Å². The Kier molecular flexibility index (Phi) is 4.69. The molecule has 0 radical (unpaired) electrons. The first-order chi connectivity index (χ1) is 11.1. The van der Waals surface area contributed by atoms with Crippen molar-refractivity contribution in [2.45, 2.75) is 26.8 Å². The second-order valence-corrected chi connectivity index (χ2v) is 6.33. The summed E-state index contributed by atoms with van der Waals surface area (Å²) in [5, 5.41) is 9.82. The Morgan fingerprint density at radius 3 is 2.26 bits per heavy atom. The lowest BCUT2D eigenvalue weighted by Gasteiger charge is -2.32. The fourth-order valence-electron chi connectivity index (χ4n) is 3.24. The Hall–Kier alpha value is -1.84. The van der Waals surface area contributed by atoms with Crippen LogP contribution < -0.4 is 0 Å². The smallest absolute Gasteiger partial charge is 0.118 e. The number of hydrogen-bond donors (Lipinski definition) is 1. The van der Waals surface area contributed by atoms with E-state index in [4.69, 9.17) is 4.74 Å². The molecule has 2 aromatic carbocycles. The molecule has 0 saturated carbocycles. The minimum atomic E-state index is 0.365. The molecule has 0 bridgehead atoms. The maximum atomic E-state index is 9.82. The van der Waals surface area contributed by atoms with E-state index in [1.807, 2.05) is 13.0 Å². The molecule has 0 aliphatic carbocycles. The molecule has 0 aromatic heterocycles. The van der Waals surface area contributed by atoms with Gasteiger partial charge in [-0.15, -0.1) is 0 Å². The molecular weight excluding hydrogens is 286 g/mol. The highest BCUT2D eigenvalue weighted by atomic mass is 16.5. The number of rotatable bonds is 3. The topological polar surface area (TPSA) is 32.7 Å². The van der Waals surface area contributed by atoms with Crippen molar-refractivity contribution < 1.29 is 9.84 Å². The van der Waals surface area contributed by atoms with Crippen LogP contribution in [0.2, 0.25) is 0 Å². The van der Waals surface area contributed by atoms with Gasteiger partial charge in [-0.2, -0.15) is 0 Å². The monoisotopic (exact) mass is 311 g/mol. The van der Waals surface area contributed by atoms with Gasteiger partial charge in [-0.1, -0.05) is 30.3 Å². The first kappa shape index (κ1) is 16.0. The zero-order valence-corrected chi connectivity index (χ0v) is 14.2. The summed E-state index contributed by atoms with van der Waals surface area (Å²) in [6, 6.07) is 13.0. The molecule has 23 heavy (non-hydrogen) atoms. The van der Waals surface area contributed by atoms with Crippen LogP contribution in [-0.2, 0) is 4.74 Å². The Bertz CT molecular complexity index is 673. The summed E-state index contributed by atoms with van der Waals surface area (Å²) in [6.07, 6.45) is 0. The van der Waals surface area contributed by atoms with Gasteiger partial charge in [0.2, 0.25) is 0 Å². The predicted octanol–water partition coefficient (Wildman–Crippen LogP) is 4.07. The largest absolute Gasteiger partial charge is 0.508 e. The van der Waals surface area contributed by atoms with Gasteiger partial charge in [0.05, 0.1) is 13.2 Å². The first-order valence-corrected chi connectivity index (χ1v) is 8.29. The molecule has 3 heteroatoms. The van der Waals surface area contributed by atoms with Crippen LogP contribution in [0.25, 0.3) is 11.1 Å². The maximum Gasteiger partial charge on any atom is 0.118 e. The van der Waals surface area contributed by atoms with Gasteiger partial charge < -0.3 is 9.84 Å². The lowest BCUT2D eigenvalue weighted by atomic mass is 9.95. The Balaban J connectivity index is 1.83. The molecule has 1 aliphatic heterocycles. The quantitative estimate of drug-likeness (QED) is 0.927. The molecule has 122 valence electrons. The van der Waals surface area contributed by atoms with Crippen LogP contribution in [0.1, 0.15) is 29.7 Å². The predicted molar refractivity (Wildman–Crippen MR) is 93.8 cm³/mol. The SMILES string of the molecule is Cc1c(O)ccc(-c2ccc([C@H](C)N3CCOCC3)cc2)c1C.